The van der Waals surface area contributed by atoms with Crippen LogP contribution in [0.2, 0.25) is 0 Å². The Labute approximate surface area is 446 Å². The van der Waals surface area contributed by atoms with Gasteiger partial charge in [0, 0.05) is 19.3 Å². The van der Waals surface area contributed by atoms with E-state index in [1.54, 1.807) is 0 Å². The van der Waals surface area contributed by atoms with Gasteiger partial charge in [0.15, 0.2) is 6.10 Å². The highest BCUT2D eigenvalue weighted by atomic mass is 16.6. The van der Waals surface area contributed by atoms with E-state index in [0.29, 0.717) is 19.3 Å². The second kappa shape index (κ2) is 60.4. The third-order valence-corrected chi connectivity index (χ3v) is 13.4. The zero-order valence-corrected chi connectivity index (χ0v) is 47.7. The van der Waals surface area contributed by atoms with E-state index < -0.39 is 6.10 Å². The quantitative estimate of drug-likeness (QED) is 0.0261. The maximum atomic E-state index is 12.8. The molecular formula is C66H116O6. The number of allylic oxidation sites excluding steroid dienone is 12. The fraction of sp³-hybridized carbons (Fsp3) is 0.773. The van der Waals surface area contributed by atoms with Gasteiger partial charge in [0.25, 0.3) is 0 Å². The summed E-state index contributed by atoms with van der Waals surface area (Å²) in [5, 5.41) is 0. The first-order valence-electron chi connectivity index (χ1n) is 30.9. The van der Waals surface area contributed by atoms with Gasteiger partial charge in [0.1, 0.15) is 13.2 Å². The Morgan fingerprint density at radius 3 is 0.847 bits per heavy atom. The van der Waals surface area contributed by atoms with Gasteiger partial charge in [-0.3, -0.25) is 14.4 Å². The molecule has 0 spiro atoms. The van der Waals surface area contributed by atoms with Crippen LogP contribution in [0.25, 0.3) is 0 Å². The molecule has 0 bridgehead atoms. The van der Waals surface area contributed by atoms with E-state index in [1.807, 2.05) is 0 Å². The summed E-state index contributed by atoms with van der Waals surface area (Å²) in [4.78, 5) is 38.0. The predicted octanol–water partition coefficient (Wildman–Crippen LogP) is 20.9. The van der Waals surface area contributed by atoms with Crippen LogP contribution in [-0.2, 0) is 28.6 Å². The Kier molecular flexibility index (Phi) is 57.8. The van der Waals surface area contributed by atoms with Crippen molar-refractivity contribution in [1.82, 2.24) is 0 Å². The summed E-state index contributed by atoms with van der Waals surface area (Å²) in [5.41, 5.74) is 0. The number of carbonyl (C=O) groups is 3. The van der Waals surface area contributed by atoms with Crippen LogP contribution in [-0.4, -0.2) is 37.2 Å². The van der Waals surface area contributed by atoms with Crippen LogP contribution in [0.5, 0.6) is 0 Å². The molecule has 1 unspecified atom stereocenters. The summed E-state index contributed by atoms with van der Waals surface area (Å²) in [7, 11) is 0. The van der Waals surface area contributed by atoms with E-state index in [2.05, 4.69) is 93.7 Å². The summed E-state index contributed by atoms with van der Waals surface area (Å²) in [6.45, 7) is 6.49. The molecule has 0 N–H and O–H groups in total. The number of hydrogen-bond acceptors (Lipinski definition) is 6. The molecule has 72 heavy (non-hydrogen) atoms. The molecule has 0 heterocycles. The molecule has 0 aromatic carbocycles. The van der Waals surface area contributed by atoms with E-state index in [-0.39, 0.29) is 31.1 Å². The number of hydrogen-bond donors (Lipinski definition) is 0. The Morgan fingerprint density at radius 1 is 0.292 bits per heavy atom. The second-order valence-corrected chi connectivity index (χ2v) is 20.6. The van der Waals surface area contributed by atoms with Gasteiger partial charge in [0.05, 0.1) is 0 Å². The van der Waals surface area contributed by atoms with Gasteiger partial charge in [-0.05, 0) is 89.9 Å². The number of unbranched alkanes of at least 4 members (excludes halogenated alkanes) is 33. The Hall–Kier alpha value is -3.15. The zero-order chi connectivity index (χ0) is 52.2. The van der Waals surface area contributed by atoms with Crippen molar-refractivity contribution in [3.05, 3.63) is 72.9 Å². The van der Waals surface area contributed by atoms with Crippen molar-refractivity contribution < 1.29 is 28.6 Å². The number of ether oxygens (including phenoxy) is 3. The van der Waals surface area contributed by atoms with Crippen molar-refractivity contribution in [3.63, 3.8) is 0 Å². The number of esters is 3. The van der Waals surface area contributed by atoms with Crippen LogP contribution in [0.15, 0.2) is 72.9 Å². The molecule has 0 fully saturated rings. The molecule has 6 heteroatoms. The van der Waals surface area contributed by atoms with Gasteiger partial charge in [-0.2, -0.15) is 0 Å². The van der Waals surface area contributed by atoms with E-state index >= 15 is 0 Å². The first kappa shape index (κ1) is 68.8. The highest BCUT2D eigenvalue weighted by Crippen LogP contribution is 2.16. The van der Waals surface area contributed by atoms with Crippen molar-refractivity contribution in [2.45, 2.75) is 316 Å². The van der Waals surface area contributed by atoms with E-state index in [4.69, 9.17) is 14.2 Å². The maximum Gasteiger partial charge on any atom is 0.306 e. The van der Waals surface area contributed by atoms with Crippen LogP contribution in [0.1, 0.15) is 310 Å². The molecule has 0 aromatic rings. The smallest absolute Gasteiger partial charge is 0.306 e. The topological polar surface area (TPSA) is 78.9 Å². The largest absolute Gasteiger partial charge is 0.462 e. The van der Waals surface area contributed by atoms with Gasteiger partial charge < -0.3 is 14.2 Å². The third kappa shape index (κ3) is 57.7. The molecule has 0 aliphatic heterocycles. The molecule has 0 aliphatic rings. The normalized spacial score (nSPS) is 12.5. The zero-order valence-electron chi connectivity index (χ0n) is 47.7. The average molecular weight is 1010 g/mol. The molecule has 0 saturated heterocycles. The maximum absolute atomic E-state index is 12.8. The average Bonchev–Trinajstić information content (AvgIpc) is 3.38. The molecule has 0 rings (SSSR count). The first-order chi connectivity index (χ1) is 35.5. The lowest BCUT2D eigenvalue weighted by Gasteiger charge is -2.18. The van der Waals surface area contributed by atoms with Crippen molar-refractivity contribution in [3.8, 4) is 0 Å². The highest BCUT2D eigenvalue weighted by molar-refractivity contribution is 5.71. The highest BCUT2D eigenvalue weighted by Gasteiger charge is 2.19. The summed E-state index contributed by atoms with van der Waals surface area (Å²) >= 11 is 0. The van der Waals surface area contributed by atoms with Gasteiger partial charge >= 0.3 is 17.9 Å². The third-order valence-electron chi connectivity index (χ3n) is 13.4. The van der Waals surface area contributed by atoms with Crippen molar-refractivity contribution in [2.24, 2.45) is 0 Å². The summed E-state index contributed by atoms with van der Waals surface area (Å²) in [6, 6.07) is 0. The van der Waals surface area contributed by atoms with Gasteiger partial charge in [0.2, 0.25) is 0 Å². The Bertz CT molecular complexity index is 1340. The molecule has 0 aromatic heterocycles. The van der Waals surface area contributed by atoms with E-state index in [1.165, 1.54) is 167 Å². The molecule has 0 saturated carbocycles. The molecule has 0 radical (unpaired) electrons. The molecular weight excluding hydrogens is 889 g/mol. The minimum Gasteiger partial charge on any atom is -0.462 e. The minimum absolute atomic E-state index is 0.0826. The van der Waals surface area contributed by atoms with Crippen molar-refractivity contribution in [1.29, 1.82) is 0 Å². The van der Waals surface area contributed by atoms with Gasteiger partial charge in [-0.25, -0.2) is 0 Å². The standard InChI is InChI=1S/C66H116O6/c1-4-7-10-13-16-19-21-23-25-27-28-29-30-31-32-33-34-35-36-37-38-40-41-43-45-47-50-53-56-59-65(68)71-62-63(61-70-64(67)58-55-52-49-18-15-12-9-6-3)72-66(69)60-57-54-51-48-46-44-42-39-26-24-22-20-17-14-11-8-5-2/h8,11,17,20-21,23-24,26-28,42,44,63H,4-7,9-10,12-16,18-19,22,25,29-41,43,45-62H2,1-3H3/b11-8-,20-17-,23-21-,26-24-,28-27-,44-42-. The molecule has 6 nitrogen and oxygen atoms in total. The predicted molar refractivity (Wildman–Crippen MR) is 311 cm³/mol. The van der Waals surface area contributed by atoms with E-state index in [9.17, 15) is 14.4 Å². The van der Waals surface area contributed by atoms with Crippen LogP contribution in [0, 0.1) is 0 Å². The summed E-state index contributed by atoms with van der Waals surface area (Å²) in [5.74, 6) is -0.900. The second-order valence-electron chi connectivity index (χ2n) is 20.6. The van der Waals surface area contributed by atoms with E-state index in [0.717, 1.165) is 103 Å². The first-order valence-corrected chi connectivity index (χ1v) is 30.9. The molecule has 0 aliphatic carbocycles. The fourth-order valence-corrected chi connectivity index (χ4v) is 8.82. The van der Waals surface area contributed by atoms with Crippen molar-refractivity contribution in [2.75, 3.05) is 13.2 Å². The van der Waals surface area contributed by atoms with Crippen LogP contribution in [0.3, 0.4) is 0 Å². The van der Waals surface area contributed by atoms with Crippen LogP contribution in [0.4, 0.5) is 0 Å². The fourth-order valence-electron chi connectivity index (χ4n) is 8.82. The van der Waals surface area contributed by atoms with Gasteiger partial charge in [-0.1, -0.05) is 273 Å². The van der Waals surface area contributed by atoms with Crippen LogP contribution >= 0.6 is 0 Å². The molecule has 1 atom stereocenters. The Balaban J connectivity index is 4.12. The van der Waals surface area contributed by atoms with Crippen LogP contribution < -0.4 is 0 Å². The lowest BCUT2D eigenvalue weighted by atomic mass is 10.0. The van der Waals surface area contributed by atoms with Crippen molar-refractivity contribution >= 4 is 17.9 Å². The summed E-state index contributed by atoms with van der Waals surface area (Å²) < 4.78 is 16.8. The Morgan fingerprint density at radius 2 is 0.542 bits per heavy atom. The molecule has 416 valence electrons. The minimum atomic E-state index is -0.785. The number of rotatable bonds is 56. The molecule has 0 amide bonds. The lowest BCUT2D eigenvalue weighted by Crippen LogP contribution is -2.30. The number of carbonyl (C=O) groups excluding carboxylic acids is 3. The SMILES string of the molecule is CC/C=C\C/C=C\C/C=C\C/C=C\CCCCCCC(=O)OC(COC(=O)CCCCCCCCCC)COC(=O)CCCCCCCCCCCCCCCCCCC/C=C\C/C=C\CCCCCCC. The van der Waals surface area contributed by atoms with Gasteiger partial charge in [-0.15, -0.1) is 0 Å². The lowest BCUT2D eigenvalue weighted by molar-refractivity contribution is -0.167. The summed E-state index contributed by atoms with van der Waals surface area (Å²) in [6.07, 6.45) is 77.9. The monoisotopic (exact) mass is 1000 g/mol.